The predicted octanol–water partition coefficient (Wildman–Crippen LogP) is 3.72. The highest BCUT2D eigenvalue weighted by molar-refractivity contribution is 7.92. The summed E-state index contributed by atoms with van der Waals surface area (Å²) in [4.78, 5) is 10.9. The third-order valence-corrected chi connectivity index (χ3v) is 5.83. The summed E-state index contributed by atoms with van der Waals surface area (Å²) in [6, 6.07) is 11.1. The molecule has 0 aliphatic carbocycles. The molecule has 0 atom stereocenters. The van der Waals surface area contributed by atoms with Crippen molar-refractivity contribution < 1.29 is 23.1 Å². The number of rotatable bonds is 8. The maximum Gasteiger partial charge on any atom is 0.303 e. The van der Waals surface area contributed by atoms with Gasteiger partial charge in [0.2, 0.25) is 0 Å². The number of halogens is 1. The van der Waals surface area contributed by atoms with E-state index in [-0.39, 0.29) is 30.0 Å². The summed E-state index contributed by atoms with van der Waals surface area (Å²) in [6.45, 7) is 1.85. The highest BCUT2D eigenvalue weighted by Crippen LogP contribution is 2.35. The number of methoxy groups -OCH3 is 1. The van der Waals surface area contributed by atoms with Crippen molar-refractivity contribution in [1.82, 2.24) is 0 Å². The summed E-state index contributed by atoms with van der Waals surface area (Å²) in [5.41, 5.74) is 1.20. The van der Waals surface area contributed by atoms with Crippen LogP contribution in [0.1, 0.15) is 18.4 Å². The molecule has 8 heteroatoms. The zero-order chi connectivity index (χ0) is 19.3. The molecule has 0 bridgehead atoms. The Morgan fingerprint density at radius 3 is 2.42 bits per heavy atom. The van der Waals surface area contributed by atoms with E-state index in [1.54, 1.807) is 24.3 Å². The lowest BCUT2D eigenvalue weighted by Gasteiger charge is -2.26. The van der Waals surface area contributed by atoms with Gasteiger partial charge in [0.25, 0.3) is 10.0 Å². The number of aliphatic carboxylic acids is 1. The Kier molecular flexibility index (Phi) is 6.50. The van der Waals surface area contributed by atoms with Gasteiger partial charge in [0.15, 0.2) is 0 Å². The molecule has 0 saturated carbocycles. The van der Waals surface area contributed by atoms with Gasteiger partial charge in [-0.2, -0.15) is 0 Å². The van der Waals surface area contributed by atoms with Gasteiger partial charge in [0.05, 0.1) is 17.7 Å². The first-order valence-electron chi connectivity index (χ1n) is 7.90. The largest absolute Gasteiger partial charge is 0.495 e. The molecular formula is C18H20ClNO5S. The molecule has 2 aromatic rings. The van der Waals surface area contributed by atoms with E-state index in [1.807, 2.05) is 6.92 Å². The topological polar surface area (TPSA) is 83.9 Å². The summed E-state index contributed by atoms with van der Waals surface area (Å²) in [5.74, 6) is -0.656. The first kappa shape index (κ1) is 20.1. The molecule has 0 unspecified atom stereocenters. The fourth-order valence-electron chi connectivity index (χ4n) is 2.44. The number of carbonyl (C=O) groups is 1. The van der Waals surface area contributed by atoms with Crippen LogP contribution in [0.15, 0.2) is 47.4 Å². The van der Waals surface area contributed by atoms with Crippen molar-refractivity contribution in [3.05, 3.63) is 53.1 Å². The molecule has 2 aromatic carbocycles. The van der Waals surface area contributed by atoms with Crippen LogP contribution in [0.4, 0.5) is 5.69 Å². The van der Waals surface area contributed by atoms with Crippen molar-refractivity contribution in [2.24, 2.45) is 0 Å². The van der Waals surface area contributed by atoms with Gasteiger partial charge in [0, 0.05) is 18.0 Å². The quantitative estimate of drug-likeness (QED) is 0.733. The molecule has 2 rings (SSSR count). The molecule has 6 nitrogen and oxygen atoms in total. The van der Waals surface area contributed by atoms with Gasteiger partial charge in [-0.15, -0.1) is 0 Å². The molecule has 0 aliphatic heterocycles. The molecule has 0 fully saturated rings. The first-order chi connectivity index (χ1) is 12.3. The summed E-state index contributed by atoms with van der Waals surface area (Å²) < 4.78 is 32.8. The van der Waals surface area contributed by atoms with Gasteiger partial charge in [-0.1, -0.05) is 29.3 Å². The van der Waals surface area contributed by atoms with E-state index < -0.39 is 16.0 Å². The number of hydrogen-bond donors (Lipinski definition) is 1. The summed E-state index contributed by atoms with van der Waals surface area (Å²) in [5, 5.41) is 9.23. The molecule has 0 spiro atoms. The Labute approximate surface area is 158 Å². The number of carboxylic acids is 1. The van der Waals surface area contributed by atoms with Crippen LogP contribution in [0.5, 0.6) is 5.75 Å². The number of carboxylic acid groups (broad SMARTS) is 1. The van der Waals surface area contributed by atoms with Crippen LogP contribution in [0, 0.1) is 6.92 Å². The van der Waals surface area contributed by atoms with Crippen LogP contribution >= 0.6 is 11.6 Å². The lowest BCUT2D eigenvalue weighted by Crippen LogP contribution is -2.32. The minimum atomic E-state index is -3.92. The van der Waals surface area contributed by atoms with E-state index in [9.17, 15) is 13.2 Å². The molecule has 1 N–H and O–H groups in total. The van der Waals surface area contributed by atoms with Crippen LogP contribution in [-0.2, 0) is 14.8 Å². The van der Waals surface area contributed by atoms with E-state index in [1.165, 1.54) is 25.3 Å². The third-order valence-electron chi connectivity index (χ3n) is 3.77. The Hall–Kier alpha value is -2.25. The molecule has 140 valence electrons. The number of nitrogens with zero attached hydrogens (tertiary/aromatic N) is 1. The second kappa shape index (κ2) is 8.42. The van der Waals surface area contributed by atoms with Gasteiger partial charge in [-0.3, -0.25) is 9.10 Å². The minimum absolute atomic E-state index is 0.0147. The van der Waals surface area contributed by atoms with Gasteiger partial charge in [-0.25, -0.2) is 8.42 Å². The lowest BCUT2D eigenvalue weighted by atomic mass is 10.2. The van der Waals surface area contributed by atoms with E-state index in [2.05, 4.69) is 0 Å². The molecular weight excluding hydrogens is 378 g/mol. The molecule has 26 heavy (non-hydrogen) atoms. The maximum absolute atomic E-state index is 13.2. The van der Waals surface area contributed by atoms with Crippen LogP contribution in [-0.4, -0.2) is 33.1 Å². The fraction of sp³-hybridized carbons (Fsp3) is 0.278. The van der Waals surface area contributed by atoms with Gasteiger partial charge < -0.3 is 9.84 Å². The van der Waals surface area contributed by atoms with Gasteiger partial charge >= 0.3 is 5.97 Å². The van der Waals surface area contributed by atoms with E-state index in [4.69, 9.17) is 21.4 Å². The van der Waals surface area contributed by atoms with E-state index in [0.717, 1.165) is 9.87 Å². The Morgan fingerprint density at radius 2 is 1.85 bits per heavy atom. The number of aryl methyl sites for hydroxylation is 1. The Bertz CT molecular complexity index is 881. The average molecular weight is 398 g/mol. The molecule has 0 heterocycles. The van der Waals surface area contributed by atoms with E-state index in [0.29, 0.717) is 10.8 Å². The summed E-state index contributed by atoms with van der Waals surface area (Å²) in [6.07, 6.45) is -0.00110. The van der Waals surface area contributed by atoms with Crippen molar-refractivity contribution in [1.29, 1.82) is 0 Å². The van der Waals surface area contributed by atoms with Gasteiger partial charge in [0.1, 0.15) is 5.75 Å². The van der Waals surface area contributed by atoms with Crippen LogP contribution in [0.3, 0.4) is 0 Å². The van der Waals surface area contributed by atoms with Crippen molar-refractivity contribution in [3.63, 3.8) is 0 Å². The van der Waals surface area contributed by atoms with E-state index >= 15 is 0 Å². The third kappa shape index (κ3) is 4.68. The number of ether oxygens (including phenoxy) is 1. The summed E-state index contributed by atoms with van der Waals surface area (Å²) in [7, 11) is -2.49. The molecule has 0 aromatic heterocycles. The standard InChI is InChI=1S/C18H20ClNO5S/c1-13-5-8-15(9-6-13)26(23,24)20(11-3-4-18(21)22)16-12-14(19)7-10-17(16)25-2/h5-10,12H,3-4,11H2,1-2H3,(H,21,22). The van der Waals surface area contributed by atoms with Crippen molar-refractivity contribution in [2.75, 3.05) is 18.0 Å². The van der Waals surface area contributed by atoms with Crippen molar-refractivity contribution in [2.45, 2.75) is 24.7 Å². The molecule has 0 saturated heterocycles. The highest BCUT2D eigenvalue weighted by Gasteiger charge is 2.27. The predicted molar refractivity (Wildman–Crippen MR) is 101 cm³/mol. The highest BCUT2D eigenvalue weighted by atomic mass is 35.5. The van der Waals surface area contributed by atoms with Gasteiger partial charge in [-0.05, 0) is 43.7 Å². The molecule has 0 amide bonds. The number of benzene rings is 2. The van der Waals surface area contributed by atoms with Crippen LogP contribution < -0.4 is 9.04 Å². The second-order valence-electron chi connectivity index (χ2n) is 5.70. The molecule has 0 radical (unpaired) electrons. The monoisotopic (exact) mass is 397 g/mol. The maximum atomic E-state index is 13.2. The smallest absolute Gasteiger partial charge is 0.303 e. The lowest BCUT2D eigenvalue weighted by molar-refractivity contribution is -0.137. The summed E-state index contributed by atoms with van der Waals surface area (Å²) >= 11 is 6.05. The zero-order valence-electron chi connectivity index (χ0n) is 14.5. The Morgan fingerprint density at radius 1 is 1.19 bits per heavy atom. The molecule has 0 aliphatic rings. The fourth-order valence-corrected chi connectivity index (χ4v) is 4.11. The number of sulfonamides is 1. The first-order valence-corrected chi connectivity index (χ1v) is 9.72. The second-order valence-corrected chi connectivity index (χ2v) is 8.00. The Balaban J connectivity index is 2.51. The van der Waals surface area contributed by atoms with Crippen LogP contribution in [0.25, 0.3) is 0 Å². The number of anilines is 1. The van der Waals surface area contributed by atoms with Crippen molar-refractivity contribution in [3.8, 4) is 5.75 Å². The number of hydrogen-bond acceptors (Lipinski definition) is 4. The minimum Gasteiger partial charge on any atom is -0.495 e. The zero-order valence-corrected chi connectivity index (χ0v) is 16.0. The van der Waals surface area contributed by atoms with Crippen molar-refractivity contribution >= 4 is 33.3 Å². The SMILES string of the molecule is COc1ccc(Cl)cc1N(CCCC(=O)O)S(=O)(=O)c1ccc(C)cc1. The normalized spacial score (nSPS) is 11.2. The average Bonchev–Trinajstić information content (AvgIpc) is 2.58. The van der Waals surface area contributed by atoms with Crippen LogP contribution in [0.2, 0.25) is 5.02 Å².